The third kappa shape index (κ3) is 5.66. The van der Waals surface area contributed by atoms with E-state index in [9.17, 15) is 18.0 Å². The number of hydrogen-bond acceptors (Lipinski definition) is 6. The van der Waals surface area contributed by atoms with Crippen LogP contribution in [0.1, 0.15) is 23.2 Å². The highest BCUT2D eigenvalue weighted by atomic mass is 32.2. The maximum absolute atomic E-state index is 13.1. The average molecular weight is 531 g/mol. The van der Waals surface area contributed by atoms with E-state index in [2.05, 4.69) is 15.2 Å². The van der Waals surface area contributed by atoms with Crippen LogP contribution in [0.3, 0.4) is 0 Å². The molecule has 0 saturated carbocycles. The topological polar surface area (TPSA) is 48.5 Å². The number of benzene rings is 2. The third-order valence-corrected chi connectivity index (χ3v) is 8.12. The van der Waals surface area contributed by atoms with Gasteiger partial charge in [0.2, 0.25) is 0 Å². The number of alkyl halides is 3. The van der Waals surface area contributed by atoms with Gasteiger partial charge >= 0.3 is 5.51 Å². The second-order valence-electron chi connectivity index (χ2n) is 8.64. The highest BCUT2D eigenvalue weighted by Gasteiger charge is 2.31. The van der Waals surface area contributed by atoms with Crippen LogP contribution < -0.4 is 10.2 Å². The third-order valence-electron chi connectivity index (χ3n) is 6.27. The second kappa shape index (κ2) is 10.7. The number of piperazine rings is 1. The van der Waals surface area contributed by atoms with Gasteiger partial charge in [-0.3, -0.25) is 9.78 Å². The van der Waals surface area contributed by atoms with Crippen LogP contribution in [-0.2, 0) is 0 Å². The molecule has 1 aromatic heterocycles. The first-order chi connectivity index (χ1) is 17.4. The maximum atomic E-state index is 13.1. The number of pyridine rings is 1. The normalized spacial score (nSPS) is 17.5. The Bertz CT molecular complexity index is 1230. The van der Waals surface area contributed by atoms with Crippen molar-refractivity contribution in [3.05, 3.63) is 72.6 Å². The lowest BCUT2D eigenvalue weighted by atomic mass is 10.0. The Labute approximate surface area is 216 Å². The Morgan fingerprint density at radius 3 is 2.75 bits per heavy atom. The van der Waals surface area contributed by atoms with E-state index < -0.39 is 5.51 Å². The number of thioether (sulfide) groups is 1. The fraction of sp³-hybridized carbons (Fsp3) is 0.308. The van der Waals surface area contributed by atoms with Crippen LogP contribution in [0, 0.1) is 0 Å². The number of carbonyl (C=O) groups is 1. The van der Waals surface area contributed by atoms with Crippen LogP contribution in [0.4, 0.5) is 24.5 Å². The number of para-hydroxylation sites is 1. The lowest BCUT2D eigenvalue weighted by Crippen LogP contribution is -2.53. The molecule has 10 heteroatoms. The van der Waals surface area contributed by atoms with Gasteiger partial charge in [0.05, 0.1) is 16.9 Å². The fourth-order valence-electron chi connectivity index (χ4n) is 4.67. The molecule has 1 saturated heterocycles. The summed E-state index contributed by atoms with van der Waals surface area (Å²) in [6.45, 7) is 2.71. The molecule has 1 atom stereocenters. The zero-order chi connectivity index (χ0) is 25.1. The molecule has 1 N–H and O–H groups in total. The van der Waals surface area contributed by atoms with E-state index >= 15 is 0 Å². The van der Waals surface area contributed by atoms with Gasteiger partial charge in [0, 0.05) is 59.3 Å². The Morgan fingerprint density at radius 2 is 1.94 bits per heavy atom. The van der Waals surface area contributed by atoms with E-state index in [4.69, 9.17) is 0 Å². The predicted molar refractivity (Wildman–Crippen MR) is 137 cm³/mol. The van der Waals surface area contributed by atoms with Crippen LogP contribution in [0.5, 0.6) is 0 Å². The van der Waals surface area contributed by atoms with Crippen molar-refractivity contribution in [2.24, 2.45) is 0 Å². The van der Waals surface area contributed by atoms with Crippen molar-refractivity contribution < 1.29 is 18.0 Å². The summed E-state index contributed by atoms with van der Waals surface area (Å²) in [4.78, 5) is 23.4. The van der Waals surface area contributed by atoms with Gasteiger partial charge < -0.3 is 15.1 Å². The number of carbonyl (C=O) groups excluding carboxylic acids is 1. The molecule has 5 nitrogen and oxygen atoms in total. The minimum atomic E-state index is -4.34. The van der Waals surface area contributed by atoms with Gasteiger partial charge in [-0.1, -0.05) is 23.9 Å². The van der Waals surface area contributed by atoms with Crippen LogP contribution in [0.2, 0.25) is 0 Å². The smallest absolute Gasteiger partial charge is 0.340 e. The molecule has 36 heavy (non-hydrogen) atoms. The van der Waals surface area contributed by atoms with Gasteiger partial charge in [0.25, 0.3) is 5.91 Å². The molecule has 0 bridgehead atoms. The quantitative estimate of drug-likeness (QED) is 0.384. The molecule has 0 aliphatic carbocycles. The summed E-state index contributed by atoms with van der Waals surface area (Å²) in [6, 6.07) is 16.5. The second-order valence-corrected chi connectivity index (χ2v) is 10.9. The van der Waals surface area contributed by atoms with E-state index in [0.717, 1.165) is 40.6 Å². The molecule has 5 rings (SSSR count). The number of nitrogens with zero attached hydrogens (tertiary/aromatic N) is 3. The van der Waals surface area contributed by atoms with Crippen LogP contribution in [-0.4, -0.2) is 53.5 Å². The Hall–Kier alpha value is -2.69. The molecule has 2 aromatic carbocycles. The molecular weight excluding hydrogens is 505 g/mol. The SMILES string of the molecule is O=C(c1cccnc1)N1CCNCC1CCCN1c2ccccc2Sc2ccc(SC(F)(F)F)cc21. The van der Waals surface area contributed by atoms with Crippen molar-refractivity contribution in [2.45, 2.75) is 39.1 Å². The first-order valence-corrected chi connectivity index (χ1v) is 13.4. The molecule has 0 spiro atoms. The van der Waals surface area contributed by atoms with Gasteiger partial charge in [-0.2, -0.15) is 13.2 Å². The molecule has 1 unspecified atom stereocenters. The summed E-state index contributed by atoms with van der Waals surface area (Å²) in [7, 11) is 0. The van der Waals surface area contributed by atoms with E-state index in [1.54, 1.807) is 48.4 Å². The average Bonchev–Trinajstić information content (AvgIpc) is 2.88. The van der Waals surface area contributed by atoms with Crippen molar-refractivity contribution in [1.29, 1.82) is 0 Å². The summed E-state index contributed by atoms with van der Waals surface area (Å²) in [5.74, 6) is -0.0199. The summed E-state index contributed by atoms with van der Waals surface area (Å²) in [6.07, 6.45) is 4.80. The molecule has 2 aliphatic heterocycles. The van der Waals surface area contributed by atoms with E-state index in [1.807, 2.05) is 29.2 Å². The minimum absolute atomic E-state index is 0.0199. The zero-order valence-electron chi connectivity index (χ0n) is 19.4. The Balaban J connectivity index is 1.34. The van der Waals surface area contributed by atoms with Gasteiger partial charge in [-0.15, -0.1) is 0 Å². The van der Waals surface area contributed by atoms with Gasteiger partial charge in [0.15, 0.2) is 0 Å². The number of hydrogen-bond donors (Lipinski definition) is 1. The Kier molecular flexibility index (Phi) is 7.45. The largest absolute Gasteiger partial charge is 0.446 e. The highest BCUT2D eigenvalue weighted by molar-refractivity contribution is 8.00. The number of rotatable bonds is 6. The lowest BCUT2D eigenvalue weighted by molar-refractivity contribution is -0.0328. The molecular formula is C26H25F3N4OS2. The summed E-state index contributed by atoms with van der Waals surface area (Å²) in [5.41, 5.74) is -1.97. The number of aromatic nitrogens is 1. The lowest BCUT2D eigenvalue weighted by Gasteiger charge is -2.37. The summed E-state index contributed by atoms with van der Waals surface area (Å²) >= 11 is 1.49. The number of anilines is 2. The van der Waals surface area contributed by atoms with Crippen LogP contribution >= 0.6 is 23.5 Å². The fourth-order valence-corrected chi connectivity index (χ4v) is 6.32. The molecule has 1 amide bonds. The Morgan fingerprint density at radius 1 is 1.11 bits per heavy atom. The molecule has 2 aliphatic rings. The maximum Gasteiger partial charge on any atom is 0.446 e. The number of amides is 1. The van der Waals surface area contributed by atoms with Gasteiger partial charge in [-0.05, 0) is 67.1 Å². The first kappa shape index (κ1) is 25.0. The molecule has 3 aromatic rings. The minimum Gasteiger partial charge on any atom is -0.340 e. The molecule has 1 fully saturated rings. The number of halogens is 3. The summed E-state index contributed by atoms with van der Waals surface area (Å²) in [5, 5.41) is 3.38. The van der Waals surface area contributed by atoms with Crippen molar-refractivity contribution >= 4 is 40.8 Å². The monoisotopic (exact) mass is 530 g/mol. The van der Waals surface area contributed by atoms with E-state index in [1.165, 1.54) is 6.07 Å². The predicted octanol–water partition coefficient (Wildman–Crippen LogP) is 6.19. The summed E-state index contributed by atoms with van der Waals surface area (Å²) < 4.78 is 39.1. The number of nitrogens with one attached hydrogen (secondary N) is 1. The molecule has 3 heterocycles. The van der Waals surface area contributed by atoms with Gasteiger partial charge in [-0.25, -0.2) is 0 Å². The van der Waals surface area contributed by atoms with Crippen LogP contribution in [0.15, 0.2) is 81.7 Å². The van der Waals surface area contributed by atoms with Crippen molar-refractivity contribution in [3.8, 4) is 0 Å². The van der Waals surface area contributed by atoms with Crippen molar-refractivity contribution in [1.82, 2.24) is 15.2 Å². The number of fused-ring (bicyclic) bond motifs is 2. The first-order valence-electron chi connectivity index (χ1n) is 11.7. The van der Waals surface area contributed by atoms with Gasteiger partial charge in [0.1, 0.15) is 0 Å². The van der Waals surface area contributed by atoms with Crippen LogP contribution in [0.25, 0.3) is 0 Å². The van der Waals surface area contributed by atoms with Crippen molar-refractivity contribution in [3.63, 3.8) is 0 Å². The molecule has 188 valence electrons. The van der Waals surface area contributed by atoms with E-state index in [-0.39, 0.29) is 28.6 Å². The highest BCUT2D eigenvalue weighted by Crippen LogP contribution is 2.50. The van der Waals surface area contributed by atoms with E-state index in [0.29, 0.717) is 25.2 Å². The molecule has 0 radical (unpaired) electrons. The van der Waals surface area contributed by atoms with Crippen molar-refractivity contribution in [2.75, 3.05) is 31.1 Å². The standard InChI is InChI=1S/C26H25F3N4OS2/c27-26(28,29)36-20-9-10-24-22(15-20)33(21-7-1-2-8-23(21)35-24)13-4-6-19-17-31-12-14-32(19)25(34)18-5-3-11-30-16-18/h1-3,5,7-11,15-16,19,31H,4,6,12-14,17H2. The zero-order valence-corrected chi connectivity index (χ0v) is 21.0.